The second-order valence-electron chi connectivity index (χ2n) is 6.56. The minimum Gasteiger partial charge on any atom is -0.494 e. The maximum absolute atomic E-state index is 5.83. The Hall–Kier alpha value is -1.02. The van der Waals surface area contributed by atoms with Crippen LogP contribution in [0.2, 0.25) is 0 Å². The highest BCUT2D eigenvalue weighted by molar-refractivity contribution is 5.31. The molecule has 0 bridgehead atoms. The van der Waals surface area contributed by atoms with Crippen LogP contribution in [-0.4, -0.2) is 19.2 Å². The van der Waals surface area contributed by atoms with Crippen LogP contribution in [0.1, 0.15) is 65.9 Å². The Balaban J connectivity index is 2.27. The van der Waals surface area contributed by atoms with Gasteiger partial charge in [-0.05, 0) is 62.3 Å². The van der Waals surface area contributed by atoms with E-state index in [1.165, 1.54) is 18.4 Å². The molecular formula is C19H33NO. The van der Waals surface area contributed by atoms with Crippen molar-refractivity contribution < 1.29 is 4.74 Å². The van der Waals surface area contributed by atoms with Crippen LogP contribution in [0.3, 0.4) is 0 Å². The van der Waals surface area contributed by atoms with Crippen LogP contribution < -0.4 is 10.1 Å². The van der Waals surface area contributed by atoms with Gasteiger partial charge in [-0.3, -0.25) is 0 Å². The molecule has 1 rings (SSSR count). The molecule has 0 aliphatic rings. The lowest BCUT2D eigenvalue weighted by atomic mass is 9.82. The molecule has 1 aromatic rings. The van der Waals surface area contributed by atoms with E-state index in [2.05, 4.69) is 64.2 Å². The minimum atomic E-state index is 0.251. The highest BCUT2D eigenvalue weighted by Crippen LogP contribution is 2.28. The molecule has 0 saturated heterocycles. The Morgan fingerprint density at radius 3 is 2.33 bits per heavy atom. The minimum absolute atomic E-state index is 0.251. The van der Waals surface area contributed by atoms with Gasteiger partial charge in [0.15, 0.2) is 0 Å². The second-order valence-corrected chi connectivity index (χ2v) is 6.56. The third-order valence-electron chi connectivity index (χ3n) is 4.37. The normalized spacial score (nSPS) is 13.2. The van der Waals surface area contributed by atoms with Crippen molar-refractivity contribution in [3.8, 4) is 5.75 Å². The van der Waals surface area contributed by atoms with Crippen LogP contribution in [0.25, 0.3) is 0 Å². The SMILES string of the molecule is CCNC(C)CCCCOc1ccc(C(C)(C)CC)cc1. The first-order chi connectivity index (χ1) is 9.99. The van der Waals surface area contributed by atoms with Gasteiger partial charge in [0.2, 0.25) is 0 Å². The first-order valence-electron chi connectivity index (χ1n) is 8.46. The van der Waals surface area contributed by atoms with Crippen molar-refractivity contribution in [2.75, 3.05) is 13.2 Å². The summed E-state index contributed by atoms with van der Waals surface area (Å²) in [6, 6.07) is 9.23. The molecule has 2 nitrogen and oxygen atoms in total. The van der Waals surface area contributed by atoms with Crippen molar-refractivity contribution in [1.82, 2.24) is 5.32 Å². The van der Waals surface area contributed by atoms with Crippen molar-refractivity contribution in [2.45, 2.75) is 71.8 Å². The van der Waals surface area contributed by atoms with Gasteiger partial charge in [-0.1, -0.05) is 39.8 Å². The van der Waals surface area contributed by atoms with Crippen molar-refractivity contribution >= 4 is 0 Å². The molecule has 1 N–H and O–H groups in total. The van der Waals surface area contributed by atoms with E-state index in [1.54, 1.807) is 0 Å². The molecule has 0 amide bonds. The van der Waals surface area contributed by atoms with Gasteiger partial charge in [0, 0.05) is 6.04 Å². The Morgan fingerprint density at radius 1 is 1.10 bits per heavy atom. The number of ether oxygens (including phenoxy) is 1. The predicted octanol–water partition coefficient (Wildman–Crippen LogP) is 4.92. The fraction of sp³-hybridized carbons (Fsp3) is 0.684. The van der Waals surface area contributed by atoms with Gasteiger partial charge < -0.3 is 10.1 Å². The predicted molar refractivity (Wildman–Crippen MR) is 92.2 cm³/mol. The topological polar surface area (TPSA) is 21.3 Å². The fourth-order valence-corrected chi connectivity index (χ4v) is 2.40. The monoisotopic (exact) mass is 291 g/mol. The van der Waals surface area contributed by atoms with Gasteiger partial charge in [-0.15, -0.1) is 0 Å². The number of rotatable bonds is 10. The van der Waals surface area contributed by atoms with Crippen molar-refractivity contribution in [3.05, 3.63) is 29.8 Å². The zero-order valence-corrected chi connectivity index (χ0v) is 14.5. The van der Waals surface area contributed by atoms with Gasteiger partial charge in [-0.25, -0.2) is 0 Å². The van der Waals surface area contributed by atoms with E-state index in [0.29, 0.717) is 6.04 Å². The summed E-state index contributed by atoms with van der Waals surface area (Å²) >= 11 is 0. The molecule has 0 aliphatic heterocycles. The molecule has 120 valence electrons. The van der Waals surface area contributed by atoms with E-state index in [-0.39, 0.29) is 5.41 Å². The van der Waals surface area contributed by atoms with Crippen LogP contribution in [0.15, 0.2) is 24.3 Å². The molecule has 1 unspecified atom stereocenters. The number of hydrogen-bond donors (Lipinski definition) is 1. The fourth-order valence-electron chi connectivity index (χ4n) is 2.40. The number of nitrogens with one attached hydrogen (secondary N) is 1. The van der Waals surface area contributed by atoms with Crippen molar-refractivity contribution in [3.63, 3.8) is 0 Å². The third-order valence-corrected chi connectivity index (χ3v) is 4.37. The summed E-state index contributed by atoms with van der Waals surface area (Å²) in [6.07, 6.45) is 4.71. The third kappa shape index (κ3) is 6.52. The quantitative estimate of drug-likeness (QED) is 0.618. The average Bonchev–Trinajstić information content (AvgIpc) is 2.47. The van der Waals surface area contributed by atoms with Crippen LogP contribution in [0.4, 0.5) is 0 Å². The molecule has 21 heavy (non-hydrogen) atoms. The zero-order chi connectivity index (χ0) is 15.7. The first kappa shape index (κ1) is 18.0. The zero-order valence-electron chi connectivity index (χ0n) is 14.5. The lowest BCUT2D eigenvalue weighted by molar-refractivity contribution is 0.301. The lowest BCUT2D eigenvalue weighted by Gasteiger charge is -2.23. The Kier molecular flexibility index (Phi) is 7.81. The molecule has 0 fully saturated rings. The molecule has 0 radical (unpaired) electrons. The lowest BCUT2D eigenvalue weighted by Crippen LogP contribution is -2.25. The van der Waals surface area contributed by atoms with Crippen LogP contribution in [-0.2, 0) is 5.41 Å². The van der Waals surface area contributed by atoms with E-state index in [0.717, 1.165) is 31.7 Å². The van der Waals surface area contributed by atoms with E-state index >= 15 is 0 Å². The molecule has 0 aromatic heterocycles. The van der Waals surface area contributed by atoms with Gasteiger partial charge in [0.05, 0.1) is 6.61 Å². The van der Waals surface area contributed by atoms with Gasteiger partial charge in [-0.2, -0.15) is 0 Å². The number of benzene rings is 1. The number of hydrogen-bond acceptors (Lipinski definition) is 2. The van der Waals surface area contributed by atoms with Crippen molar-refractivity contribution in [2.24, 2.45) is 0 Å². The summed E-state index contributed by atoms with van der Waals surface area (Å²) in [5.41, 5.74) is 1.64. The standard InChI is InChI=1S/C19H33NO/c1-6-19(4,5)17-11-13-18(14-12-17)21-15-9-8-10-16(3)20-7-2/h11-14,16,20H,6-10,15H2,1-5H3. The largest absolute Gasteiger partial charge is 0.494 e. The maximum Gasteiger partial charge on any atom is 0.119 e. The molecule has 1 aromatic carbocycles. The van der Waals surface area contributed by atoms with E-state index in [4.69, 9.17) is 4.74 Å². The molecule has 0 saturated carbocycles. The van der Waals surface area contributed by atoms with Gasteiger partial charge in [0.25, 0.3) is 0 Å². The first-order valence-corrected chi connectivity index (χ1v) is 8.46. The van der Waals surface area contributed by atoms with E-state index < -0.39 is 0 Å². The summed E-state index contributed by atoms with van der Waals surface area (Å²) in [5, 5.41) is 3.44. The Bertz CT molecular complexity index is 383. The highest BCUT2D eigenvalue weighted by Gasteiger charge is 2.17. The number of unbranched alkanes of at least 4 members (excludes halogenated alkanes) is 1. The van der Waals surface area contributed by atoms with Gasteiger partial charge >= 0.3 is 0 Å². The van der Waals surface area contributed by atoms with E-state index in [1.807, 2.05) is 0 Å². The highest BCUT2D eigenvalue weighted by atomic mass is 16.5. The Labute approximate surface area is 131 Å². The van der Waals surface area contributed by atoms with E-state index in [9.17, 15) is 0 Å². The maximum atomic E-state index is 5.83. The smallest absolute Gasteiger partial charge is 0.119 e. The van der Waals surface area contributed by atoms with Crippen LogP contribution in [0.5, 0.6) is 5.75 Å². The molecule has 0 spiro atoms. The summed E-state index contributed by atoms with van der Waals surface area (Å²) in [6.45, 7) is 13.1. The second kappa shape index (κ2) is 9.09. The van der Waals surface area contributed by atoms with Crippen LogP contribution in [0, 0.1) is 0 Å². The summed E-state index contributed by atoms with van der Waals surface area (Å²) in [7, 11) is 0. The summed E-state index contributed by atoms with van der Waals surface area (Å²) < 4.78 is 5.83. The molecule has 0 heterocycles. The molecule has 2 heteroatoms. The van der Waals surface area contributed by atoms with Gasteiger partial charge in [0.1, 0.15) is 5.75 Å². The molecule has 1 atom stereocenters. The average molecular weight is 291 g/mol. The van der Waals surface area contributed by atoms with Crippen molar-refractivity contribution in [1.29, 1.82) is 0 Å². The van der Waals surface area contributed by atoms with Crippen LogP contribution >= 0.6 is 0 Å². The molecular weight excluding hydrogens is 258 g/mol. The summed E-state index contributed by atoms with van der Waals surface area (Å²) in [5.74, 6) is 0.991. The Morgan fingerprint density at radius 2 is 1.76 bits per heavy atom. The molecule has 0 aliphatic carbocycles. The summed E-state index contributed by atoms with van der Waals surface area (Å²) in [4.78, 5) is 0.